The van der Waals surface area contributed by atoms with E-state index in [4.69, 9.17) is 0 Å². The topological polar surface area (TPSA) is 36.8 Å². The normalized spacial score (nSPS) is 11.1. The summed E-state index contributed by atoms with van der Waals surface area (Å²) in [5.74, 6) is 0.546. The Bertz CT molecular complexity index is 501. The van der Waals surface area contributed by atoms with Gasteiger partial charge in [-0.2, -0.15) is 0 Å². The fourth-order valence-electron chi connectivity index (χ4n) is 1.58. The second-order valence-electron chi connectivity index (χ2n) is 4.42. The third-order valence-corrected chi connectivity index (χ3v) is 2.68. The van der Waals surface area contributed by atoms with Crippen molar-refractivity contribution >= 4 is 11.4 Å². The summed E-state index contributed by atoms with van der Waals surface area (Å²) in [6.45, 7) is 4.36. The van der Waals surface area contributed by atoms with E-state index in [1.165, 1.54) is 5.56 Å². The van der Waals surface area contributed by atoms with Gasteiger partial charge in [0.15, 0.2) is 0 Å². The van der Waals surface area contributed by atoms with E-state index < -0.39 is 0 Å². The molecule has 0 unspecified atom stereocenters. The number of anilines is 1. The van der Waals surface area contributed by atoms with Gasteiger partial charge in [0.2, 0.25) is 0 Å². The largest absolute Gasteiger partial charge is 0.260 e. The lowest BCUT2D eigenvalue weighted by Crippen LogP contribution is -1.89. The van der Waals surface area contributed by atoms with Crippen LogP contribution in [0, 0.1) is 0 Å². The van der Waals surface area contributed by atoms with Crippen LogP contribution >= 0.6 is 0 Å². The van der Waals surface area contributed by atoms with Gasteiger partial charge in [0.1, 0.15) is 0 Å². The van der Waals surface area contributed by atoms with Gasteiger partial charge in [-0.15, -0.1) is 5.11 Å². The Morgan fingerprint density at radius 3 is 2.17 bits per heavy atom. The lowest BCUT2D eigenvalue weighted by atomic mass is 10.0. The van der Waals surface area contributed by atoms with Gasteiger partial charge < -0.3 is 0 Å². The molecule has 0 aliphatic rings. The molecule has 0 aliphatic heterocycles. The lowest BCUT2D eigenvalue weighted by molar-refractivity contribution is 0.867. The van der Waals surface area contributed by atoms with E-state index in [0.29, 0.717) is 5.92 Å². The molecule has 3 nitrogen and oxygen atoms in total. The highest BCUT2D eigenvalue weighted by Gasteiger charge is 1.97. The molecular formula is C15H17N3. The molecule has 0 saturated carbocycles. The Balaban J connectivity index is 1.96. The average Bonchev–Trinajstić information content (AvgIpc) is 2.40. The zero-order chi connectivity index (χ0) is 12.8. The van der Waals surface area contributed by atoms with E-state index in [9.17, 15) is 0 Å². The fourth-order valence-corrected chi connectivity index (χ4v) is 1.58. The number of hydrogen-bond donors (Lipinski definition) is 1. The van der Waals surface area contributed by atoms with Crippen LogP contribution in [0.25, 0.3) is 0 Å². The molecule has 92 valence electrons. The van der Waals surface area contributed by atoms with Crippen molar-refractivity contribution in [2.24, 2.45) is 10.3 Å². The summed E-state index contributed by atoms with van der Waals surface area (Å²) in [7, 11) is 0. The van der Waals surface area contributed by atoms with E-state index in [1.54, 1.807) is 0 Å². The first-order valence-corrected chi connectivity index (χ1v) is 6.07. The van der Waals surface area contributed by atoms with Crippen molar-refractivity contribution in [3.63, 3.8) is 0 Å². The first-order chi connectivity index (χ1) is 8.75. The van der Waals surface area contributed by atoms with Gasteiger partial charge in [-0.1, -0.05) is 49.4 Å². The van der Waals surface area contributed by atoms with E-state index in [2.05, 4.69) is 41.7 Å². The highest BCUT2D eigenvalue weighted by molar-refractivity contribution is 5.44. The van der Waals surface area contributed by atoms with Gasteiger partial charge in [0, 0.05) is 0 Å². The van der Waals surface area contributed by atoms with Crippen molar-refractivity contribution in [1.82, 2.24) is 0 Å². The van der Waals surface area contributed by atoms with Crippen LogP contribution in [-0.2, 0) is 0 Å². The minimum Gasteiger partial charge on any atom is -0.260 e. The summed E-state index contributed by atoms with van der Waals surface area (Å²) in [6, 6.07) is 17.9. The van der Waals surface area contributed by atoms with Gasteiger partial charge in [0.05, 0.1) is 11.4 Å². The van der Waals surface area contributed by atoms with Crippen molar-refractivity contribution in [1.29, 1.82) is 0 Å². The second-order valence-corrected chi connectivity index (χ2v) is 4.42. The molecule has 3 heteroatoms. The minimum absolute atomic E-state index is 0.546. The molecule has 0 aliphatic carbocycles. The maximum absolute atomic E-state index is 4.07. The number of rotatable bonds is 4. The Morgan fingerprint density at radius 2 is 1.56 bits per heavy atom. The molecular weight excluding hydrogens is 222 g/mol. The average molecular weight is 239 g/mol. The lowest BCUT2D eigenvalue weighted by Gasteiger charge is -2.05. The molecule has 0 aromatic heterocycles. The van der Waals surface area contributed by atoms with Gasteiger partial charge in [-0.25, -0.2) is 0 Å². The predicted molar refractivity (Wildman–Crippen MR) is 75.1 cm³/mol. The van der Waals surface area contributed by atoms with Crippen LogP contribution in [0.2, 0.25) is 0 Å². The standard InChI is InChI=1S/C15H17N3/c1-12(2)13-8-10-15(11-9-13)17-18-16-14-6-4-3-5-7-14/h3-12H,1-2H3,(H,16,17). The molecule has 18 heavy (non-hydrogen) atoms. The Kier molecular flexibility index (Phi) is 4.07. The van der Waals surface area contributed by atoms with Crippen LogP contribution in [0.4, 0.5) is 11.4 Å². The van der Waals surface area contributed by atoms with Crippen LogP contribution in [0.3, 0.4) is 0 Å². The summed E-state index contributed by atoms with van der Waals surface area (Å²) in [6.07, 6.45) is 0. The van der Waals surface area contributed by atoms with Crippen molar-refractivity contribution in [3.05, 3.63) is 60.2 Å². The van der Waals surface area contributed by atoms with Gasteiger partial charge in [-0.05, 0) is 35.7 Å². The number of hydrogen-bond acceptors (Lipinski definition) is 2. The quantitative estimate of drug-likeness (QED) is 0.596. The van der Waals surface area contributed by atoms with Crippen LogP contribution in [0.5, 0.6) is 0 Å². The highest BCUT2D eigenvalue weighted by Crippen LogP contribution is 2.17. The van der Waals surface area contributed by atoms with Crippen LogP contribution in [0.15, 0.2) is 64.9 Å². The first kappa shape index (κ1) is 12.3. The van der Waals surface area contributed by atoms with E-state index >= 15 is 0 Å². The maximum Gasteiger partial charge on any atom is 0.0874 e. The summed E-state index contributed by atoms with van der Waals surface area (Å²) >= 11 is 0. The molecule has 0 fully saturated rings. The SMILES string of the molecule is CC(C)c1ccc(N/N=N/c2ccccc2)cc1. The van der Waals surface area contributed by atoms with Crippen molar-refractivity contribution in [2.45, 2.75) is 19.8 Å². The highest BCUT2D eigenvalue weighted by atomic mass is 15.4. The summed E-state index contributed by atoms with van der Waals surface area (Å²) in [5, 5.41) is 8.03. The summed E-state index contributed by atoms with van der Waals surface area (Å²) in [5.41, 5.74) is 6.02. The molecule has 1 N–H and O–H groups in total. The van der Waals surface area contributed by atoms with Crippen LogP contribution < -0.4 is 5.43 Å². The molecule has 2 aromatic carbocycles. The molecule has 0 spiro atoms. The molecule has 0 radical (unpaired) electrons. The molecule has 0 saturated heterocycles. The van der Waals surface area contributed by atoms with E-state index in [-0.39, 0.29) is 0 Å². The molecule has 0 heterocycles. The molecule has 2 aromatic rings. The zero-order valence-corrected chi connectivity index (χ0v) is 10.7. The number of benzene rings is 2. The Hall–Kier alpha value is -2.16. The second kappa shape index (κ2) is 5.96. The monoisotopic (exact) mass is 239 g/mol. The van der Waals surface area contributed by atoms with Crippen LogP contribution in [-0.4, -0.2) is 0 Å². The third-order valence-electron chi connectivity index (χ3n) is 2.68. The van der Waals surface area contributed by atoms with Gasteiger partial charge in [-0.3, -0.25) is 5.43 Å². The summed E-state index contributed by atoms with van der Waals surface area (Å²) < 4.78 is 0. The molecule has 0 amide bonds. The van der Waals surface area contributed by atoms with Crippen LogP contribution in [0.1, 0.15) is 25.3 Å². The smallest absolute Gasteiger partial charge is 0.0874 e. The van der Waals surface area contributed by atoms with Crippen molar-refractivity contribution in [2.75, 3.05) is 5.43 Å². The van der Waals surface area contributed by atoms with Crippen molar-refractivity contribution < 1.29 is 0 Å². The maximum atomic E-state index is 4.07. The van der Waals surface area contributed by atoms with E-state index in [0.717, 1.165) is 11.4 Å². The fraction of sp³-hybridized carbons (Fsp3) is 0.200. The summed E-state index contributed by atoms with van der Waals surface area (Å²) in [4.78, 5) is 0. The van der Waals surface area contributed by atoms with Gasteiger partial charge >= 0.3 is 0 Å². The number of nitrogens with one attached hydrogen (secondary N) is 1. The predicted octanol–water partition coefficient (Wildman–Crippen LogP) is 4.92. The zero-order valence-electron chi connectivity index (χ0n) is 10.7. The molecule has 0 bridgehead atoms. The Morgan fingerprint density at radius 1 is 0.889 bits per heavy atom. The Labute approximate surface area is 108 Å². The first-order valence-electron chi connectivity index (χ1n) is 6.07. The third kappa shape index (κ3) is 3.42. The van der Waals surface area contributed by atoms with E-state index in [1.807, 2.05) is 42.5 Å². The molecule has 2 rings (SSSR count). The molecule has 0 atom stereocenters. The minimum atomic E-state index is 0.546. The van der Waals surface area contributed by atoms with Gasteiger partial charge in [0.25, 0.3) is 0 Å². The number of nitrogens with zero attached hydrogens (tertiary/aromatic N) is 2. The van der Waals surface area contributed by atoms with Crippen molar-refractivity contribution in [3.8, 4) is 0 Å².